The molecule has 0 saturated carbocycles. The standard InChI is InChI=1S/C9H6O2/c1-3-4-5-6-7-8-9(10)11-2/h1H,8H2,2H3. The molecular weight excluding hydrogens is 140 g/mol. The minimum absolute atomic E-state index is 0.0513. The molecule has 0 aromatic heterocycles. The molecule has 0 aliphatic carbocycles. The van der Waals surface area contributed by atoms with Gasteiger partial charge in [-0.2, -0.15) is 0 Å². The summed E-state index contributed by atoms with van der Waals surface area (Å²) >= 11 is 0. The van der Waals surface area contributed by atoms with Crippen molar-refractivity contribution in [3.05, 3.63) is 0 Å². The summed E-state index contributed by atoms with van der Waals surface area (Å²) in [5.74, 6) is 11.2. The first-order chi connectivity index (χ1) is 5.31. The Labute approximate surface area is 65.9 Å². The highest BCUT2D eigenvalue weighted by molar-refractivity contribution is 5.72. The van der Waals surface area contributed by atoms with E-state index in [1.54, 1.807) is 0 Å². The maximum Gasteiger partial charge on any atom is 0.317 e. The number of carbonyl (C=O) groups excluding carboxylic acids is 1. The average Bonchev–Trinajstić information content (AvgIpc) is 2.04. The van der Waals surface area contributed by atoms with Gasteiger partial charge >= 0.3 is 5.97 Å². The molecular formula is C9H6O2. The zero-order valence-electron chi connectivity index (χ0n) is 6.10. The van der Waals surface area contributed by atoms with Gasteiger partial charge in [-0.05, 0) is 23.7 Å². The summed E-state index contributed by atoms with van der Waals surface area (Å²) in [5.41, 5.74) is 0. The second kappa shape index (κ2) is 6.27. The fraction of sp³-hybridized carbons (Fsp3) is 0.222. The monoisotopic (exact) mass is 146 g/mol. The van der Waals surface area contributed by atoms with Gasteiger partial charge in [-0.1, -0.05) is 5.92 Å². The van der Waals surface area contributed by atoms with Gasteiger partial charge in [-0.15, -0.1) is 6.42 Å². The first-order valence-electron chi connectivity index (χ1n) is 2.81. The van der Waals surface area contributed by atoms with Crippen LogP contribution in [0.3, 0.4) is 0 Å². The number of methoxy groups -OCH3 is 1. The van der Waals surface area contributed by atoms with Gasteiger partial charge in [0.25, 0.3) is 0 Å². The molecule has 0 aromatic carbocycles. The molecule has 0 rings (SSSR count). The molecule has 0 aliphatic rings. The van der Waals surface area contributed by atoms with Crippen molar-refractivity contribution in [3.63, 3.8) is 0 Å². The van der Waals surface area contributed by atoms with Gasteiger partial charge in [-0.3, -0.25) is 4.79 Å². The molecule has 0 aliphatic heterocycles. The van der Waals surface area contributed by atoms with Crippen molar-refractivity contribution in [3.8, 4) is 36.0 Å². The predicted octanol–water partition coefficient (Wildman–Crippen LogP) is 0.190. The van der Waals surface area contributed by atoms with Crippen LogP contribution in [-0.4, -0.2) is 13.1 Å². The highest BCUT2D eigenvalue weighted by Gasteiger charge is 1.91. The lowest BCUT2D eigenvalue weighted by molar-refractivity contribution is -0.139. The van der Waals surface area contributed by atoms with Crippen molar-refractivity contribution in [1.29, 1.82) is 0 Å². The van der Waals surface area contributed by atoms with Crippen LogP contribution in [0.15, 0.2) is 0 Å². The van der Waals surface area contributed by atoms with Crippen molar-refractivity contribution < 1.29 is 9.53 Å². The lowest BCUT2D eigenvalue weighted by Gasteiger charge is -1.87. The molecule has 0 bridgehead atoms. The number of carbonyl (C=O) groups is 1. The lowest BCUT2D eigenvalue weighted by atomic mass is 10.4. The zero-order valence-corrected chi connectivity index (χ0v) is 6.10. The van der Waals surface area contributed by atoms with Crippen LogP contribution in [0.1, 0.15) is 6.42 Å². The van der Waals surface area contributed by atoms with Crippen molar-refractivity contribution in [2.45, 2.75) is 6.42 Å². The van der Waals surface area contributed by atoms with Gasteiger partial charge in [0.15, 0.2) is 0 Å². The molecule has 0 radical (unpaired) electrons. The Hall–Kier alpha value is -1.85. The predicted molar refractivity (Wildman–Crippen MR) is 41.0 cm³/mol. The van der Waals surface area contributed by atoms with Crippen LogP contribution in [0.25, 0.3) is 0 Å². The van der Waals surface area contributed by atoms with Crippen molar-refractivity contribution in [2.24, 2.45) is 0 Å². The normalized spacial score (nSPS) is 5.82. The molecule has 0 aromatic rings. The quantitative estimate of drug-likeness (QED) is 0.390. The van der Waals surface area contributed by atoms with Gasteiger partial charge < -0.3 is 4.74 Å². The van der Waals surface area contributed by atoms with Gasteiger partial charge in [-0.25, -0.2) is 0 Å². The van der Waals surface area contributed by atoms with Gasteiger partial charge in [0, 0.05) is 0 Å². The Balaban J connectivity index is 3.76. The van der Waals surface area contributed by atoms with Gasteiger partial charge in [0.2, 0.25) is 0 Å². The Kier molecular flexibility index (Phi) is 5.22. The van der Waals surface area contributed by atoms with E-state index in [0.29, 0.717) is 0 Å². The van der Waals surface area contributed by atoms with E-state index in [1.165, 1.54) is 7.11 Å². The molecule has 2 nitrogen and oxygen atoms in total. The molecule has 54 valence electrons. The van der Waals surface area contributed by atoms with Crippen molar-refractivity contribution in [2.75, 3.05) is 7.11 Å². The minimum atomic E-state index is -0.375. The third kappa shape index (κ3) is 6.03. The second-order valence-electron chi connectivity index (χ2n) is 1.45. The maximum absolute atomic E-state index is 10.4. The number of ether oxygens (including phenoxy) is 1. The molecule has 2 heteroatoms. The third-order valence-electron chi connectivity index (χ3n) is 0.746. The second-order valence-corrected chi connectivity index (χ2v) is 1.45. The van der Waals surface area contributed by atoms with Crippen LogP contribution >= 0.6 is 0 Å². The summed E-state index contributed by atoms with van der Waals surface area (Å²) in [6.45, 7) is 0. The summed E-state index contributed by atoms with van der Waals surface area (Å²) in [5, 5.41) is 0. The van der Waals surface area contributed by atoms with Crippen LogP contribution in [0.2, 0.25) is 0 Å². The van der Waals surface area contributed by atoms with Gasteiger partial charge in [0.05, 0.1) is 7.11 Å². The largest absolute Gasteiger partial charge is 0.468 e. The Morgan fingerprint density at radius 1 is 1.45 bits per heavy atom. The maximum atomic E-state index is 10.4. The van der Waals surface area contributed by atoms with E-state index >= 15 is 0 Å². The smallest absolute Gasteiger partial charge is 0.317 e. The number of terminal acetylenes is 1. The third-order valence-corrected chi connectivity index (χ3v) is 0.746. The van der Waals surface area contributed by atoms with Crippen LogP contribution in [0.5, 0.6) is 0 Å². The topological polar surface area (TPSA) is 26.3 Å². The summed E-state index contributed by atoms with van der Waals surface area (Å²) in [4.78, 5) is 10.4. The van der Waals surface area contributed by atoms with E-state index < -0.39 is 0 Å². The van der Waals surface area contributed by atoms with E-state index in [0.717, 1.165) is 0 Å². The summed E-state index contributed by atoms with van der Waals surface area (Å²) < 4.78 is 4.33. The highest BCUT2D eigenvalue weighted by atomic mass is 16.5. The van der Waals surface area contributed by atoms with Crippen LogP contribution in [-0.2, 0) is 9.53 Å². The average molecular weight is 146 g/mol. The number of hydrogen-bond donors (Lipinski definition) is 0. The van der Waals surface area contributed by atoms with E-state index in [9.17, 15) is 4.79 Å². The molecule has 0 fully saturated rings. The fourth-order valence-corrected chi connectivity index (χ4v) is 0.300. The van der Waals surface area contributed by atoms with E-state index in [1.807, 2.05) is 0 Å². The fourth-order valence-electron chi connectivity index (χ4n) is 0.300. The Morgan fingerprint density at radius 3 is 2.73 bits per heavy atom. The summed E-state index contributed by atoms with van der Waals surface area (Å²) in [6.07, 6.45) is 4.87. The zero-order chi connectivity index (χ0) is 8.53. The lowest BCUT2D eigenvalue weighted by Crippen LogP contribution is -1.96. The molecule has 0 unspecified atom stereocenters. The van der Waals surface area contributed by atoms with E-state index in [2.05, 4.69) is 34.3 Å². The molecule has 0 spiro atoms. The van der Waals surface area contributed by atoms with Crippen molar-refractivity contribution in [1.82, 2.24) is 0 Å². The molecule has 11 heavy (non-hydrogen) atoms. The number of esters is 1. The summed E-state index contributed by atoms with van der Waals surface area (Å²) in [7, 11) is 1.30. The molecule has 0 saturated heterocycles. The van der Waals surface area contributed by atoms with E-state index in [-0.39, 0.29) is 12.4 Å². The van der Waals surface area contributed by atoms with Crippen molar-refractivity contribution >= 4 is 5.97 Å². The Morgan fingerprint density at radius 2 is 2.18 bits per heavy atom. The van der Waals surface area contributed by atoms with E-state index in [4.69, 9.17) is 6.42 Å². The van der Waals surface area contributed by atoms with Gasteiger partial charge in [0.1, 0.15) is 6.42 Å². The minimum Gasteiger partial charge on any atom is -0.468 e. The first kappa shape index (κ1) is 9.15. The molecule has 0 atom stereocenters. The number of rotatable bonds is 1. The highest BCUT2D eigenvalue weighted by Crippen LogP contribution is 1.78. The SMILES string of the molecule is C#CC#CC#CCC(=O)OC. The van der Waals surface area contributed by atoms with Crippen LogP contribution in [0, 0.1) is 36.0 Å². The number of hydrogen-bond acceptors (Lipinski definition) is 2. The molecule has 0 amide bonds. The Bertz CT molecular complexity index is 285. The molecule has 0 heterocycles. The molecule has 0 N–H and O–H groups in total. The van der Waals surface area contributed by atoms with Crippen LogP contribution < -0.4 is 0 Å². The summed E-state index contributed by atoms with van der Waals surface area (Å²) in [6, 6.07) is 0. The first-order valence-corrected chi connectivity index (χ1v) is 2.81. The van der Waals surface area contributed by atoms with Crippen LogP contribution in [0.4, 0.5) is 0 Å².